The summed E-state index contributed by atoms with van der Waals surface area (Å²) in [7, 11) is 0. The van der Waals surface area contributed by atoms with Crippen LogP contribution in [-0.4, -0.2) is 21.9 Å². The van der Waals surface area contributed by atoms with Gasteiger partial charge in [0.1, 0.15) is 17.3 Å². The van der Waals surface area contributed by atoms with Crippen LogP contribution in [0.2, 0.25) is 0 Å². The highest BCUT2D eigenvalue weighted by Gasteiger charge is 2.22. The third-order valence-electron chi connectivity index (χ3n) is 3.48. The van der Waals surface area contributed by atoms with Crippen LogP contribution in [0.4, 0.5) is 11.5 Å². The van der Waals surface area contributed by atoms with Gasteiger partial charge in [-0.05, 0) is 56.9 Å². The minimum atomic E-state index is -0.214. The number of carbonyl (C=O) groups excluding carboxylic acids is 1. The van der Waals surface area contributed by atoms with Crippen LogP contribution in [0.15, 0.2) is 24.3 Å². The van der Waals surface area contributed by atoms with Gasteiger partial charge in [0.15, 0.2) is 0 Å². The van der Waals surface area contributed by atoms with Crippen molar-refractivity contribution in [1.29, 1.82) is 0 Å². The first-order valence-corrected chi connectivity index (χ1v) is 7.51. The number of rotatable bonds is 4. The summed E-state index contributed by atoms with van der Waals surface area (Å²) in [5, 5.41) is 6.21. The van der Waals surface area contributed by atoms with Crippen molar-refractivity contribution in [2.75, 3.05) is 10.6 Å². The number of nitrogens with zero attached hydrogens (tertiary/aromatic N) is 2. The fourth-order valence-electron chi connectivity index (χ4n) is 2.44. The number of anilines is 2. The van der Waals surface area contributed by atoms with Crippen molar-refractivity contribution < 1.29 is 4.79 Å². The van der Waals surface area contributed by atoms with Gasteiger partial charge in [0.25, 0.3) is 5.91 Å². The Labute approximate surface area is 130 Å². The van der Waals surface area contributed by atoms with Gasteiger partial charge < -0.3 is 10.6 Å². The molecule has 0 radical (unpaired) electrons. The van der Waals surface area contributed by atoms with Crippen LogP contribution >= 0.6 is 0 Å². The van der Waals surface area contributed by atoms with Crippen molar-refractivity contribution in [1.82, 2.24) is 9.97 Å². The fraction of sp³-hybridized carbons (Fsp3) is 0.353. The quantitative estimate of drug-likeness (QED) is 0.909. The molecule has 0 saturated heterocycles. The van der Waals surface area contributed by atoms with Crippen LogP contribution in [0.5, 0.6) is 0 Å². The topological polar surface area (TPSA) is 66.9 Å². The molecule has 0 aliphatic heterocycles. The van der Waals surface area contributed by atoms with Crippen molar-refractivity contribution in [2.24, 2.45) is 0 Å². The van der Waals surface area contributed by atoms with Crippen molar-refractivity contribution in [3.05, 3.63) is 46.9 Å². The molecule has 1 aliphatic rings. The Morgan fingerprint density at radius 2 is 1.73 bits per heavy atom. The first-order chi connectivity index (χ1) is 10.5. The molecule has 2 N–H and O–H groups in total. The average Bonchev–Trinajstić information content (AvgIpc) is 3.20. The second kappa shape index (κ2) is 5.75. The van der Waals surface area contributed by atoms with Crippen LogP contribution in [0.1, 0.15) is 40.3 Å². The van der Waals surface area contributed by atoms with Crippen molar-refractivity contribution in [3.63, 3.8) is 0 Å². The Balaban J connectivity index is 1.80. The highest BCUT2D eigenvalue weighted by atomic mass is 16.1. The molecule has 1 fully saturated rings. The first kappa shape index (κ1) is 14.5. The van der Waals surface area contributed by atoms with E-state index >= 15 is 0 Å². The molecule has 5 nitrogen and oxygen atoms in total. The lowest BCUT2D eigenvalue weighted by Gasteiger charge is -2.09. The van der Waals surface area contributed by atoms with Crippen LogP contribution in [0, 0.1) is 20.8 Å². The lowest BCUT2D eigenvalue weighted by atomic mass is 10.1. The zero-order chi connectivity index (χ0) is 15.7. The van der Waals surface area contributed by atoms with Gasteiger partial charge in [0.05, 0.1) is 0 Å². The standard InChI is InChI=1S/C17H20N4O/c1-10-6-11(2)8-14(7-10)21-17(22)15-9-16(19-12(3)18-15)20-13-4-5-13/h6-9,13H,4-5H2,1-3H3,(H,21,22)(H,18,19,20). The van der Waals surface area contributed by atoms with Crippen LogP contribution in [-0.2, 0) is 0 Å². The molecular weight excluding hydrogens is 276 g/mol. The number of nitrogens with one attached hydrogen (secondary N) is 2. The lowest BCUT2D eigenvalue weighted by molar-refractivity contribution is 0.102. The first-order valence-electron chi connectivity index (χ1n) is 7.51. The summed E-state index contributed by atoms with van der Waals surface area (Å²) in [5.74, 6) is 1.10. The van der Waals surface area contributed by atoms with E-state index in [0.29, 0.717) is 17.6 Å². The van der Waals surface area contributed by atoms with Crippen LogP contribution < -0.4 is 10.6 Å². The average molecular weight is 296 g/mol. The molecule has 0 spiro atoms. The molecule has 0 unspecified atom stereocenters. The highest BCUT2D eigenvalue weighted by molar-refractivity contribution is 6.03. The zero-order valence-electron chi connectivity index (χ0n) is 13.1. The second-order valence-corrected chi connectivity index (χ2v) is 5.93. The summed E-state index contributed by atoms with van der Waals surface area (Å²) in [4.78, 5) is 21.0. The maximum absolute atomic E-state index is 12.4. The third kappa shape index (κ3) is 3.61. The van der Waals surface area contributed by atoms with E-state index in [1.807, 2.05) is 26.0 Å². The van der Waals surface area contributed by atoms with Gasteiger partial charge in [-0.15, -0.1) is 0 Å². The molecule has 1 aliphatic carbocycles. The smallest absolute Gasteiger partial charge is 0.274 e. The van der Waals surface area contributed by atoms with Gasteiger partial charge in [0, 0.05) is 17.8 Å². The van der Waals surface area contributed by atoms with Crippen molar-refractivity contribution in [2.45, 2.75) is 39.7 Å². The van der Waals surface area contributed by atoms with Crippen molar-refractivity contribution in [3.8, 4) is 0 Å². The number of aromatic nitrogens is 2. The Bertz CT molecular complexity index is 702. The van der Waals surface area contributed by atoms with E-state index in [1.165, 1.54) is 0 Å². The molecule has 114 valence electrons. The van der Waals surface area contributed by atoms with E-state index in [0.717, 1.165) is 35.5 Å². The van der Waals surface area contributed by atoms with E-state index in [4.69, 9.17) is 0 Å². The summed E-state index contributed by atoms with van der Waals surface area (Å²) in [6.07, 6.45) is 2.32. The molecule has 1 saturated carbocycles. The molecule has 0 atom stereocenters. The van der Waals surface area contributed by atoms with Gasteiger partial charge >= 0.3 is 0 Å². The molecule has 2 aromatic rings. The molecule has 1 heterocycles. The predicted molar refractivity (Wildman–Crippen MR) is 87.3 cm³/mol. The number of carbonyl (C=O) groups is 1. The SMILES string of the molecule is Cc1cc(C)cc(NC(=O)c2cc(NC3CC3)nc(C)n2)c1. The minimum absolute atomic E-state index is 0.214. The van der Waals surface area contributed by atoms with Gasteiger partial charge in [-0.1, -0.05) is 6.07 Å². The third-order valence-corrected chi connectivity index (χ3v) is 3.48. The normalized spacial score (nSPS) is 13.8. The van der Waals surface area contributed by atoms with E-state index < -0.39 is 0 Å². The number of aryl methyl sites for hydroxylation is 3. The van der Waals surface area contributed by atoms with Crippen LogP contribution in [0.3, 0.4) is 0 Å². The summed E-state index contributed by atoms with van der Waals surface area (Å²) in [6, 6.07) is 8.17. The molecule has 22 heavy (non-hydrogen) atoms. The van der Waals surface area contributed by atoms with E-state index in [9.17, 15) is 4.79 Å². The molecule has 3 rings (SSSR count). The number of amides is 1. The van der Waals surface area contributed by atoms with E-state index in [1.54, 1.807) is 13.0 Å². The Morgan fingerprint density at radius 1 is 1.05 bits per heavy atom. The predicted octanol–water partition coefficient (Wildman–Crippen LogP) is 3.23. The molecule has 1 amide bonds. The second-order valence-electron chi connectivity index (χ2n) is 5.93. The highest BCUT2D eigenvalue weighted by Crippen LogP contribution is 2.24. The van der Waals surface area contributed by atoms with Crippen LogP contribution in [0.25, 0.3) is 0 Å². The number of benzene rings is 1. The van der Waals surface area contributed by atoms with Gasteiger partial charge in [-0.25, -0.2) is 9.97 Å². The summed E-state index contributed by atoms with van der Waals surface area (Å²) < 4.78 is 0. The number of hydrogen-bond acceptors (Lipinski definition) is 4. The Kier molecular flexibility index (Phi) is 3.79. The minimum Gasteiger partial charge on any atom is -0.367 e. The molecule has 0 bridgehead atoms. The van der Waals surface area contributed by atoms with Crippen molar-refractivity contribution >= 4 is 17.4 Å². The maximum Gasteiger partial charge on any atom is 0.274 e. The Morgan fingerprint density at radius 3 is 2.36 bits per heavy atom. The summed E-state index contributed by atoms with van der Waals surface area (Å²) in [5.41, 5.74) is 3.40. The van der Waals surface area contributed by atoms with E-state index in [-0.39, 0.29) is 5.91 Å². The molecule has 1 aromatic heterocycles. The van der Waals surface area contributed by atoms with Gasteiger partial charge in [0.2, 0.25) is 0 Å². The summed E-state index contributed by atoms with van der Waals surface area (Å²) in [6.45, 7) is 5.82. The lowest BCUT2D eigenvalue weighted by Crippen LogP contribution is -2.16. The summed E-state index contributed by atoms with van der Waals surface area (Å²) >= 11 is 0. The van der Waals surface area contributed by atoms with Gasteiger partial charge in [-0.3, -0.25) is 4.79 Å². The van der Waals surface area contributed by atoms with E-state index in [2.05, 4.69) is 26.7 Å². The monoisotopic (exact) mass is 296 g/mol. The number of hydrogen-bond donors (Lipinski definition) is 2. The Hall–Kier alpha value is -2.43. The largest absolute Gasteiger partial charge is 0.367 e. The molecule has 5 heteroatoms. The molecule has 1 aromatic carbocycles. The molecular formula is C17H20N4O. The maximum atomic E-state index is 12.4. The van der Waals surface area contributed by atoms with Gasteiger partial charge in [-0.2, -0.15) is 0 Å². The zero-order valence-corrected chi connectivity index (χ0v) is 13.1. The fourth-order valence-corrected chi connectivity index (χ4v) is 2.44.